The van der Waals surface area contributed by atoms with E-state index in [1.54, 1.807) is 29.8 Å². The number of aromatic nitrogens is 1. The lowest BCUT2D eigenvalue weighted by Crippen LogP contribution is -2.28. The zero-order valence-electron chi connectivity index (χ0n) is 13.5. The maximum atomic E-state index is 12.8. The van der Waals surface area contributed by atoms with Crippen molar-refractivity contribution in [2.24, 2.45) is 7.05 Å². The van der Waals surface area contributed by atoms with Crippen LogP contribution in [0, 0.1) is 0 Å². The van der Waals surface area contributed by atoms with Crippen LogP contribution in [0.4, 0.5) is 13.2 Å². The summed E-state index contributed by atoms with van der Waals surface area (Å²) >= 11 is 0. The molecule has 0 aliphatic rings. The molecular formula is C16H12F3NO5S. The Morgan fingerprint density at radius 3 is 2.35 bits per heavy atom. The topological polar surface area (TPSA) is 74.6 Å². The van der Waals surface area contributed by atoms with Gasteiger partial charge in [-0.3, -0.25) is 4.79 Å². The maximum Gasteiger partial charge on any atom is 0.534 e. The summed E-state index contributed by atoms with van der Waals surface area (Å²) in [6, 6.07) is 8.77. The molecule has 2 aromatic carbocycles. The fourth-order valence-electron chi connectivity index (χ4n) is 2.64. The third-order valence-electron chi connectivity index (χ3n) is 3.87. The number of para-hydroxylation sites is 1. The van der Waals surface area contributed by atoms with Gasteiger partial charge in [0.2, 0.25) is 5.43 Å². The molecule has 138 valence electrons. The normalized spacial score (nSPS) is 12.5. The van der Waals surface area contributed by atoms with E-state index in [2.05, 4.69) is 4.18 Å². The summed E-state index contributed by atoms with van der Waals surface area (Å²) in [7, 11) is -3.11. The molecule has 0 saturated heterocycles. The maximum absolute atomic E-state index is 12.8. The lowest BCUT2D eigenvalue weighted by molar-refractivity contribution is -0.0499. The molecule has 0 bridgehead atoms. The monoisotopic (exact) mass is 387 g/mol. The van der Waals surface area contributed by atoms with Gasteiger partial charge >= 0.3 is 15.6 Å². The lowest BCUT2D eigenvalue weighted by atomic mass is 10.1. The number of hydrogen-bond donors (Lipinski definition) is 0. The van der Waals surface area contributed by atoms with E-state index in [-0.39, 0.29) is 22.0 Å². The number of fused-ring (bicyclic) bond motifs is 2. The molecule has 1 heterocycles. The van der Waals surface area contributed by atoms with Gasteiger partial charge in [0.25, 0.3) is 0 Å². The molecule has 0 spiro atoms. The number of hydrogen-bond acceptors (Lipinski definition) is 5. The average molecular weight is 387 g/mol. The summed E-state index contributed by atoms with van der Waals surface area (Å²) in [5.41, 5.74) is -5.60. The molecule has 10 heteroatoms. The van der Waals surface area contributed by atoms with Crippen LogP contribution in [0.3, 0.4) is 0 Å². The van der Waals surface area contributed by atoms with Gasteiger partial charge in [-0.1, -0.05) is 12.1 Å². The van der Waals surface area contributed by atoms with E-state index in [0.29, 0.717) is 5.52 Å². The van der Waals surface area contributed by atoms with Gasteiger partial charge in [0, 0.05) is 24.6 Å². The van der Waals surface area contributed by atoms with Gasteiger partial charge in [0.1, 0.15) is 5.75 Å². The Morgan fingerprint density at radius 1 is 1.08 bits per heavy atom. The van der Waals surface area contributed by atoms with Crippen molar-refractivity contribution in [3.05, 3.63) is 46.6 Å². The van der Waals surface area contributed by atoms with Crippen LogP contribution in [-0.2, 0) is 17.2 Å². The average Bonchev–Trinajstić information content (AvgIpc) is 2.57. The van der Waals surface area contributed by atoms with E-state index in [1.165, 1.54) is 19.2 Å². The van der Waals surface area contributed by atoms with Crippen LogP contribution in [0.15, 0.2) is 41.2 Å². The third-order valence-corrected chi connectivity index (χ3v) is 4.84. The van der Waals surface area contributed by atoms with E-state index in [9.17, 15) is 26.4 Å². The molecule has 1 aromatic heterocycles. The van der Waals surface area contributed by atoms with Gasteiger partial charge < -0.3 is 13.5 Å². The quantitative estimate of drug-likeness (QED) is 0.393. The van der Waals surface area contributed by atoms with Gasteiger partial charge in [-0.2, -0.15) is 21.6 Å². The molecular weight excluding hydrogens is 375 g/mol. The minimum absolute atomic E-state index is 0.0372. The van der Waals surface area contributed by atoms with Gasteiger partial charge in [0.15, 0.2) is 5.75 Å². The van der Waals surface area contributed by atoms with Crippen LogP contribution in [0.25, 0.3) is 21.8 Å². The predicted molar refractivity (Wildman–Crippen MR) is 88.8 cm³/mol. The highest BCUT2D eigenvalue weighted by Crippen LogP contribution is 2.34. The summed E-state index contributed by atoms with van der Waals surface area (Å²) in [4.78, 5) is 12.8. The molecule has 0 amide bonds. The van der Waals surface area contributed by atoms with E-state index in [0.717, 1.165) is 6.07 Å². The molecule has 6 nitrogen and oxygen atoms in total. The number of benzene rings is 2. The second-order valence-corrected chi connectivity index (χ2v) is 6.95. The molecule has 26 heavy (non-hydrogen) atoms. The van der Waals surface area contributed by atoms with Gasteiger partial charge in [-0.15, -0.1) is 0 Å². The van der Waals surface area contributed by atoms with Crippen molar-refractivity contribution in [1.82, 2.24) is 4.57 Å². The fourth-order valence-corrected chi connectivity index (χ4v) is 3.10. The molecule has 3 rings (SSSR count). The van der Waals surface area contributed by atoms with Gasteiger partial charge in [-0.05, 0) is 12.1 Å². The van der Waals surface area contributed by atoms with E-state index in [1.807, 2.05) is 0 Å². The molecule has 0 N–H and O–H groups in total. The highest BCUT2D eigenvalue weighted by Gasteiger charge is 2.49. The van der Waals surface area contributed by atoms with Crippen LogP contribution in [0.1, 0.15) is 0 Å². The minimum Gasteiger partial charge on any atom is -0.497 e. The summed E-state index contributed by atoms with van der Waals surface area (Å²) in [5.74, 6) is -0.710. The number of rotatable bonds is 3. The lowest BCUT2D eigenvalue weighted by Gasteiger charge is -2.16. The van der Waals surface area contributed by atoms with Crippen LogP contribution in [0.5, 0.6) is 11.5 Å². The first-order chi connectivity index (χ1) is 12.1. The SMILES string of the molecule is COc1cc(OS(=O)(=O)C(F)(F)F)c2c(=O)c3ccccc3n(C)c2c1. The van der Waals surface area contributed by atoms with Crippen molar-refractivity contribution in [3.63, 3.8) is 0 Å². The van der Waals surface area contributed by atoms with Gasteiger partial charge in [0.05, 0.1) is 23.5 Å². The van der Waals surface area contributed by atoms with Crippen molar-refractivity contribution in [1.29, 1.82) is 0 Å². The summed E-state index contributed by atoms with van der Waals surface area (Å²) in [6.45, 7) is 0. The first-order valence-electron chi connectivity index (χ1n) is 7.17. The Bertz CT molecular complexity index is 1180. The van der Waals surface area contributed by atoms with Gasteiger partial charge in [-0.25, -0.2) is 0 Å². The smallest absolute Gasteiger partial charge is 0.497 e. The Morgan fingerprint density at radius 2 is 1.73 bits per heavy atom. The first-order valence-corrected chi connectivity index (χ1v) is 8.58. The predicted octanol–water partition coefficient (Wildman–Crippen LogP) is 2.93. The van der Waals surface area contributed by atoms with Crippen LogP contribution >= 0.6 is 0 Å². The summed E-state index contributed by atoms with van der Waals surface area (Å²) < 4.78 is 71.8. The first kappa shape index (κ1) is 18.1. The highest BCUT2D eigenvalue weighted by molar-refractivity contribution is 7.88. The largest absolute Gasteiger partial charge is 0.534 e. The molecule has 3 aromatic rings. The number of alkyl halides is 3. The second-order valence-electron chi connectivity index (χ2n) is 5.41. The molecule has 0 atom stereocenters. The number of halogens is 3. The van der Waals surface area contributed by atoms with Crippen molar-refractivity contribution in [3.8, 4) is 11.5 Å². The zero-order valence-corrected chi connectivity index (χ0v) is 14.3. The van der Waals surface area contributed by atoms with E-state index < -0.39 is 26.8 Å². The van der Waals surface area contributed by atoms with E-state index >= 15 is 0 Å². The Hall–Kier alpha value is -2.75. The van der Waals surface area contributed by atoms with Crippen LogP contribution in [0.2, 0.25) is 0 Å². The third kappa shape index (κ3) is 2.75. The summed E-state index contributed by atoms with van der Waals surface area (Å²) in [5, 5.41) is -0.0817. The molecule has 0 aliphatic carbocycles. The van der Waals surface area contributed by atoms with Crippen LogP contribution in [-0.4, -0.2) is 25.6 Å². The summed E-state index contributed by atoms with van der Waals surface area (Å²) in [6.07, 6.45) is 0. The van der Waals surface area contributed by atoms with Crippen LogP contribution < -0.4 is 14.3 Å². The van der Waals surface area contributed by atoms with Crippen molar-refractivity contribution in [2.75, 3.05) is 7.11 Å². The molecule has 0 aliphatic heterocycles. The number of methoxy groups -OCH3 is 1. The minimum atomic E-state index is -5.95. The molecule has 0 unspecified atom stereocenters. The standard InChI is InChI=1S/C16H12F3NO5S/c1-20-11-6-4-3-5-10(11)15(21)14-12(20)7-9(24-2)8-13(14)25-26(22,23)16(17,18)19/h3-8H,1-2H3. The molecule has 0 saturated carbocycles. The number of ether oxygens (including phenoxy) is 1. The zero-order chi connectivity index (χ0) is 19.3. The van der Waals surface area contributed by atoms with Crippen molar-refractivity contribution < 1.29 is 30.5 Å². The van der Waals surface area contributed by atoms with Crippen molar-refractivity contribution in [2.45, 2.75) is 5.51 Å². The van der Waals surface area contributed by atoms with Crippen molar-refractivity contribution >= 4 is 31.9 Å². The Labute approximate surface area is 145 Å². The number of nitrogens with zero attached hydrogens (tertiary/aromatic N) is 1. The molecule has 0 radical (unpaired) electrons. The van der Waals surface area contributed by atoms with E-state index in [4.69, 9.17) is 4.74 Å². The molecule has 0 fully saturated rings. The number of aryl methyl sites for hydroxylation is 1. The number of pyridine rings is 1. The second kappa shape index (κ2) is 5.90. The Kier molecular flexibility index (Phi) is 4.10. The fraction of sp³-hybridized carbons (Fsp3) is 0.188. The Balaban J connectivity index is 2.45. The highest BCUT2D eigenvalue weighted by atomic mass is 32.2.